The Morgan fingerprint density at radius 1 is 1.43 bits per heavy atom. The highest BCUT2D eigenvalue weighted by Crippen LogP contribution is 2.46. The van der Waals surface area contributed by atoms with E-state index in [1.165, 1.54) is 35.8 Å². The van der Waals surface area contributed by atoms with Gasteiger partial charge < -0.3 is 5.32 Å². The van der Waals surface area contributed by atoms with Crippen molar-refractivity contribution in [2.75, 3.05) is 6.54 Å². The minimum absolute atomic E-state index is 0.314. The van der Waals surface area contributed by atoms with Crippen LogP contribution in [0.15, 0.2) is 28.7 Å². The number of nitrogens with one attached hydrogen (secondary N) is 1. The van der Waals surface area contributed by atoms with E-state index in [9.17, 15) is 0 Å². The van der Waals surface area contributed by atoms with E-state index in [-0.39, 0.29) is 0 Å². The highest BCUT2D eigenvalue weighted by molar-refractivity contribution is 9.10. The minimum atomic E-state index is 0.314. The van der Waals surface area contributed by atoms with Crippen molar-refractivity contribution >= 4 is 15.9 Å². The Kier molecular flexibility index (Phi) is 1.96. The molecule has 14 heavy (non-hydrogen) atoms. The van der Waals surface area contributed by atoms with Gasteiger partial charge in [0.05, 0.1) is 0 Å². The van der Waals surface area contributed by atoms with Gasteiger partial charge in [0.2, 0.25) is 0 Å². The predicted octanol–water partition coefficient (Wildman–Crippen LogP) is 3.05. The molecule has 2 unspecified atom stereocenters. The largest absolute Gasteiger partial charge is 0.307 e. The normalized spacial score (nSPS) is 35.1. The first-order chi connectivity index (χ1) is 6.78. The molecule has 1 heterocycles. The van der Waals surface area contributed by atoms with Crippen LogP contribution in [0, 0.1) is 5.92 Å². The Hall–Kier alpha value is -0.340. The summed E-state index contributed by atoms with van der Waals surface area (Å²) in [5, 5.41) is 3.69. The second kappa shape index (κ2) is 3.07. The molecule has 0 amide bonds. The van der Waals surface area contributed by atoms with Gasteiger partial charge >= 0.3 is 0 Å². The Morgan fingerprint density at radius 2 is 2.36 bits per heavy atom. The van der Waals surface area contributed by atoms with Crippen molar-refractivity contribution in [3.8, 4) is 0 Å². The maximum Gasteiger partial charge on any atom is 0.0438 e. The Bertz CT molecular complexity index is 353. The maximum absolute atomic E-state index is 3.69. The van der Waals surface area contributed by atoms with Crippen molar-refractivity contribution in [3.05, 3.63) is 34.3 Å². The molecule has 1 aromatic carbocycles. The van der Waals surface area contributed by atoms with E-state index in [0.29, 0.717) is 5.54 Å². The molecule has 3 rings (SSSR count). The van der Waals surface area contributed by atoms with Crippen LogP contribution in [0.25, 0.3) is 0 Å². The molecule has 0 spiro atoms. The van der Waals surface area contributed by atoms with Gasteiger partial charge in [-0.15, -0.1) is 0 Å². The molecule has 2 fully saturated rings. The molecule has 2 atom stereocenters. The van der Waals surface area contributed by atoms with Gasteiger partial charge in [-0.25, -0.2) is 0 Å². The molecule has 1 saturated carbocycles. The van der Waals surface area contributed by atoms with E-state index in [1.807, 2.05) is 0 Å². The average Bonchev–Trinajstić information content (AvgIpc) is 2.78. The van der Waals surface area contributed by atoms with Crippen molar-refractivity contribution in [3.63, 3.8) is 0 Å². The Morgan fingerprint density at radius 3 is 2.93 bits per heavy atom. The fourth-order valence-electron chi connectivity index (χ4n) is 2.97. The van der Waals surface area contributed by atoms with Gasteiger partial charge in [-0.2, -0.15) is 0 Å². The summed E-state index contributed by atoms with van der Waals surface area (Å²) in [6, 6.07) is 8.76. The molecule has 0 aromatic heterocycles. The maximum atomic E-state index is 3.69. The zero-order valence-electron chi connectivity index (χ0n) is 8.09. The second-order valence-electron chi connectivity index (χ2n) is 4.58. The molecule has 2 bridgehead atoms. The summed E-state index contributed by atoms with van der Waals surface area (Å²) >= 11 is 3.55. The van der Waals surface area contributed by atoms with E-state index in [0.717, 1.165) is 5.92 Å². The highest BCUT2D eigenvalue weighted by Gasteiger charge is 2.45. The molecule has 0 radical (unpaired) electrons. The van der Waals surface area contributed by atoms with E-state index in [4.69, 9.17) is 0 Å². The van der Waals surface area contributed by atoms with Crippen LogP contribution in [0.1, 0.15) is 24.8 Å². The van der Waals surface area contributed by atoms with E-state index in [1.54, 1.807) is 0 Å². The van der Waals surface area contributed by atoms with Crippen LogP contribution in [0.2, 0.25) is 0 Å². The van der Waals surface area contributed by atoms with Crippen LogP contribution in [0.3, 0.4) is 0 Å². The SMILES string of the molecule is Brc1cccc(C23CCC(CN2)C3)c1. The summed E-state index contributed by atoms with van der Waals surface area (Å²) in [5.74, 6) is 0.925. The van der Waals surface area contributed by atoms with Crippen LogP contribution in [0.5, 0.6) is 0 Å². The zero-order chi connectivity index (χ0) is 9.60. The lowest BCUT2D eigenvalue weighted by Crippen LogP contribution is -2.37. The van der Waals surface area contributed by atoms with Crippen LogP contribution in [-0.4, -0.2) is 6.54 Å². The zero-order valence-corrected chi connectivity index (χ0v) is 9.68. The van der Waals surface area contributed by atoms with Crippen LogP contribution < -0.4 is 5.32 Å². The monoisotopic (exact) mass is 251 g/mol. The Labute approximate surface area is 93.0 Å². The number of hydrogen-bond donors (Lipinski definition) is 1. The number of rotatable bonds is 1. The first-order valence-electron chi connectivity index (χ1n) is 5.30. The Balaban J connectivity index is 2.02. The summed E-state index contributed by atoms with van der Waals surface area (Å²) in [6.45, 7) is 1.21. The fraction of sp³-hybridized carbons (Fsp3) is 0.500. The van der Waals surface area contributed by atoms with Crippen LogP contribution >= 0.6 is 15.9 Å². The van der Waals surface area contributed by atoms with Crippen LogP contribution in [0.4, 0.5) is 0 Å². The van der Waals surface area contributed by atoms with Gasteiger partial charge in [0.1, 0.15) is 0 Å². The van der Waals surface area contributed by atoms with E-state index in [2.05, 4.69) is 45.5 Å². The quantitative estimate of drug-likeness (QED) is 0.810. The van der Waals surface area contributed by atoms with Crippen LogP contribution in [-0.2, 0) is 5.54 Å². The van der Waals surface area contributed by atoms with E-state index >= 15 is 0 Å². The number of piperidine rings is 1. The lowest BCUT2D eigenvalue weighted by Gasteiger charge is -2.28. The van der Waals surface area contributed by atoms with E-state index < -0.39 is 0 Å². The molecule has 1 aliphatic heterocycles. The van der Waals surface area contributed by atoms with Gasteiger partial charge in [-0.05, 0) is 49.4 Å². The highest BCUT2D eigenvalue weighted by atomic mass is 79.9. The first kappa shape index (κ1) is 8.93. The number of halogens is 1. The summed E-state index contributed by atoms with van der Waals surface area (Å²) in [6.07, 6.45) is 4.05. The molecular formula is C12H14BrN. The summed E-state index contributed by atoms with van der Waals surface area (Å²) < 4.78 is 1.20. The van der Waals surface area contributed by atoms with Crippen molar-refractivity contribution in [1.29, 1.82) is 0 Å². The number of hydrogen-bond acceptors (Lipinski definition) is 1. The molecule has 2 heteroatoms. The van der Waals surface area contributed by atoms with Crippen molar-refractivity contribution in [1.82, 2.24) is 5.32 Å². The molecule has 2 aliphatic rings. The van der Waals surface area contributed by atoms with Crippen molar-refractivity contribution in [2.24, 2.45) is 5.92 Å². The molecule has 1 saturated heterocycles. The summed E-state index contributed by atoms with van der Waals surface area (Å²) in [7, 11) is 0. The van der Waals surface area contributed by atoms with Crippen molar-refractivity contribution in [2.45, 2.75) is 24.8 Å². The number of fused-ring (bicyclic) bond motifs is 2. The topological polar surface area (TPSA) is 12.0 Å². The molecule has 1 N–H and O–H groups in total. The second-order valence-corrected chi connectivity index (χ2v) is 5.50. The molecule has 1 aromatic rings. The van der Waals surface area contributed by atoms with Crippen molar-refractivity contribution < 1.29 is 0 Å². The van der Waals surface area contributed by atoms with Gasteiger partial charge in [0.25, 0.3) is 0 Å². The average molecular weight is 252 g/mol. The smallest absolute Gasteiger partial charge is 0.0438 e. The van der Waals surface area contributed by atoms with Gasteiger partial charge in [0, 0.05) is 10.0 Å². The lowest BCUT2D eigenvalue weighted by atomic mass is 9.89. The van der Waals surface area contributed by atoms with Gasteiger partial charge in [-0.1, -0.05) is 28.1 Å². The lowest BCUT2D eigenvalue weighted by molar-refractivity contribution is 0.373. The first-order valence-corrected chi connectivity index (χ1v) is 6.09. The summed E-state index contributed by atoms with van der Waals surface area (Å²) in [4.78, 5) is 0. The number of benzene rings is 1. The molecular weight excluding hydrogens is 238 g/mol. The third-order valence-corrected chi connectivity index (χ3v) is 4.22. The minimum Gasteiger partial charge on any atom is -0.307 e. The third kappa shape index (κ3) is 1.24. The van der Waals surface area contributed by atoms with Gasteiger partial charge in [0.15, 0.2) is 0 Å². The third-order valence-electron chi connectivity index (χ3n) is 3.72. The summed E-state index contributed by atoms with van der Waals surface area (Å²) in [5.41, 5.74) is 1.78. The molecule has 74 valence electrons. The van der Waals surface area contributed by atoms with Gasteiger partial charge in [-0.3, -0.25) is 0 Å². The molecule has 1 nitrogen and oxygen atoms in total. The fourth-order valence-corrected chi connectivity index (χ4v) is 3.37. The standard InChI is InChI=1S/C12H14BrN/c13-11-3-1-2-10(6-11)12-5-4-9(7-12)8-14-12/h1-3,6,9,14H,4-5,7-8H2. The molecule has 1 aliphatic carbocycles. The predicted molar refractivity (Wildman–Crippen MR) is 61.2 cm³/mol.